The van der Waals surface area contributed by atoms with E-state index >= 15 is 0 Å². The largest absolute Gasteiger partial charge is 0.507 e. The van der Waals surface area contributed by atoms with E-state index in [9.17, 15) is 25.1 Å². The van der Waals surface area contributed by atoms with Crippen LogP contribution in [0, 0.1) is 25.2 Å². The second-order valence-electron chi connectivity index (χ2n) is 16.5. The zero-order chi connectivity index (χ0) is 40.2. The van der Waals surface area contributed by atoms with E-state index in [1.165, 1.54) is 83.1 Å². The monoisotopic (exact) mass is 804 g/mol. The lowest BCUT2D eigenvalue weighted by Gasteiger charge is -2.58. The Morgan fingerprint density at radius 3 is 2.30 bits per heavy atom. The van der Waals surface area contributed by atoms with Crippen LogP contribution in [0.5, 0.6) is 28.7 Å². The number of nitrogens with one attached hydrogen (secondary N) is 2. The van der Waals surface area contributed by atoms with Crippen LogP contribution >= 0.6 is 11.8 Å². The Balaban J connectivity index is 1.10. The van der Waals surface area contributed by atoms with Crippen molar-refractivity contribution in [2.45, 2.75) is 159 Å². The number of rotatable bonds is 16. The van der Waals surface area contributed by atoms with Crippen molar-refractivity contribution in [3.8, 4) is 34.8 Å². The number of piperazine rings is 1. The zero-order valence-electron chi connectivity index (χ0n) is 34.0. The molecule has 2 aromatic rings. The number of methoxy groups -OCH3 is 1. The average Bonchev–Trinajstić information content (AvgIpc) is 3.69. The summed E-state index contributed by atoms with van der Waals surface area (Å²) in [7, 11) is 1.54. The number of hydrogen-bond acceptors (Lipinski definition) is 12. The normalized spacial score (nSPS) is 25.8. The summed E-state index contributed by atoms with van der Waals surface area (Å²) < 4.78 is 23.7. The molecule has 3 unspecified atom stereocenters. The Labute approximate surface area is 341 Å². The fraction of sp³-hybridized carbons (Fsp3) is 0.659. The first kappa shape index (κ1) is 41.3. The molecular formula is C44H60N4O8S. The maximum Gasteiger partial charge on any atom is 0.329 e. The Morgan fingerprint density at radius 2 is 1.63 bits per heavy atom. The van der Waals surface area contributed by atoms with Crippen molar-refractivity contribution in [2.75, 3.05) is 26.3 Å². The molecule has 12 nitrogen and oxygen atoms in total. The van der Waals surface area contributed by atoms with Crippen LogP contribution in [0.15, 0.2) is 6.07 Å². The minimum atomic E-state index is -0.913. The highest BCUT2D eigenvalue weighted by Crippen LogP contribution is 2.62. The minimum Gasteiger partial charge on any atom is -0.507 e. The molecule has 4 bridgehead atoms. The lowest BCUT2D eigenvalue weighted by molar-refractivity contribution is -0.151. The molecule has 2 aromatic carbocycles. The third kappa shape index (κ3) is 8.11. The Hall–Kier alpha value is -3.86. The van der Waals surface area contributed by atoms with Crippen LogP contribution in [0.3, 0.4) is 0 Å². The number of ether oxygens (including phenoxy) is 4. The number of carbonyl (C=O) groups excluding carboxylic acids is 2. The molecule has 0 spiro atoms. The molecule has 13 heteroatoms. The van der Waals surface area contributed by atoms with E-state index in [-0.39, 0.29) is 42.6 Å². The van der Waals surface area contributed by atoms with Gasteiger partial charge in [-0.05, 0) is 37.8 Å². The number of carbonyl (C=O) groups is 2. The van der Waals surface area contributed by atoms with Gasteiger partial charge in [0.15, 0.2) is 23.0 Å². The van der Waals surface area contributed by atoms with Crippen LogP contribution in [0.1, 0.15) is 148 Å². The van der Waals surface area contributed by atoms with Gasteiger partial charge < -0.3 is 39.8 Å². The minimum absolute atomic E-state index is 0.0257. The number of unbranched alkanes of at least 4 members (excludes halogenated alkanes) is 12. The van der Waals surface area contributed by atoms with Gasteiger partial charge in [0.2, 0.25) is 12.7 Å². The summed E-state index contributed by atoms with van der Waals surface area (Å²) in [5.74, 6) is 0.858. The number of phenols is 2. The predicted molar refractivity (Wildman–Crippen MR) is 218 cm³/mol. The van der Waals surface area contributed by atoms with Crippen LogP contribution in [-0.4, -0.2) is 77.4 Å². The van der Waals surface area contributed by atoms with Crippen LogP contribution < -0.4 is 24.8 Å². The second-order valence-corrected chi connectivity index (χ2v) is 17.7. The van der Waals surface area contributed by atoms with Crippen LogP contribution in [0.2, 0.25) is 0 Å². The molecule has 7 atom stereocenters. The summed E-state index contributed by atoms with van der Waals surface area (Å²) in [5, 5.41) is 40.8. The van der Waals surface area contributed by atoms with Crippen molar-refractivity contribution < 1.29 is 38.7 Å². The number of benzene rings is 2. The number of nitrogens with zero attached hydrogens (tertiary/aromatic N) is 2. The van der Waals surface area contributed by atoms with E-state index in [2.05, 4.69) is 28.5 Å². The molecule has 6 aliphatic heterocycles. The molecule has 310 valence electrons. The van der Waals surface area contributed by atoms with E-state index in [0.29, 0.717) is 52.3 Å². The maximum atomic E-state index is 13.8. The summed E-state index contributed by atoms with van der Waals surface area (Å²) in [6, 6.07) is 1.07. The van der Waals surface area contributed by atoms with Gasteiger partial charge >= 0.3 is 5.97 Å². The molecule has 0 aromatic heterocycles. The van der Waals surface area contributed by atoms with E-state index in [1.807, 2.05) is 13.0 Å². The number of phenolic OH excluding ortho intramolecular Hbond substituents is 2. The number of aryl methyl sites for hydroxylation is 1. The summed E-state index contributed by atoms with van der Waals surface area (Å²) in [4.78, 5) is 29.2. The van der Waals surface area contributed by atoms with E-state index in [4.69, 9.17) is 18.9 Å². The maximum absolute atomic E-state index is 13.8. The molecule has 6 aliphatic rings. The van der Waals surface area contributed by atoms with Crippen molar-refractivity contribution in [3.05, 3.63) is 39.4 Å². The Morgan fingerprint density at radius 1 is 0.965 bits per heavy atom. The standard InChI is InChI=1S/C44H60N4O8S/c1-5-6-7-8-9-10-11-12-13-14-15-16-17-18-32(49)46-29-23-57-43-35-34(42-41(55-24-56-42)26(3)38(35)50)31(22-54-44(29)52)48-30(21-45)28-20-27-19-25(2)40(53-4)39(51)33(27)36(47-28)37(43)48/h19,28-31,36-37,43,47,50-51H,5-18,20,22-24H2,1-4H3,(H,46,49)/t28?,29?,30-,31-,36?,37+,43+/m0/s1. The first-order valence-corrected chi connectivity index (χ1v) is 22.3. The van der Waals surface area contributed by atoms with Crippen molar-refractivity contribution in [3.63, 3.8) is 0 Å². The third-order valence-electron chi connectivity index (χ3n) is 12.8. The van der Waals surface area contributed by atoms with Crippen molar-refractivity contribution >= 4 is 23.6 Å². The molecule has 0 radical (unpaired) electrons. The van der Waals surface area contributed by atoms with Gasteiger partial charge in [0.25, 0.3) is 0 Å². The fourth-order valence-corrected chi connectivity index (χ4v) is 11.5. The second kappa shape index (κ2) is 18.4. The highest BCUT2D eigenvalue weighted by Gasteiger charge is 2.58. The summed E-state index contributed by atoms with van der Waals surface area (Å²) in [5.41, 5.74) is 4.25. The third-order valence-corrected chi connectivity index (χ3v) is 14.2. The summed E-state index contributed by atoms with van der Waals surface area (Å²) in [6.07, 6.45) is 16.6. The number of amides is 1. The molecule has 57 heavy (non-hydrogen) atoms. The van der Waals surface area contributed by atoms with Crippen molar-refractivity contribution in [1.29, 1.82) is 5.26 Å². The van der Waals surface area contributed by atoms with Crippen molar-refractivity contribution in [2.24, 2.45) is 0 Å². The molecule has 8 rings (SSSR count). The number of thioether (sulfide) groups is 1. The van der Waals surface area contributed by atoms with Gasteiger partial charge in [-0.25, -0.2) is 4.79 Å². The van der Waals surface area contributed by atoms with E-state index < -0.39 is 41.4 Å². The molecule has 2 saturated heterocycles. The van der Waals surface area contributed by atoms with Crippen LogP contribution in [0.4, 0.5) is 0 Å². The number of nitriles is 1. The quantitative estimate of drug-likeness (QED) is 0.0971. The molecule has 0 saturated carbocycles. The van der Waals surface area contributed by atoms with Gasteiger partial charge in [-0.15, -0.1) is 11.8 Å². The highest BCUT2D eigenvalue weighted by atomic mass is 32.2. The number of hydrogen-bond donors (Lipinski definition) is 4. The highest BCUT2D eigenvalue weighted by molar-refractivity contribution is 7.99. The lowest BCUT2D eigenvalue weighted by Crippen LogP contribution is -2.69. The first-order chi connectivity index (χ1) is 27.7. The van der Waals surface area contributed by atoms with Gasteiger partial charge in [0.1, 0.15) is 24.4 Å². The molecule has 1 amide bonds. The van der Waals surface area contributed by atoms with Gasteiger partial charge in [-0.2, -0.15) is 5.26 Å². The van der Waals surface area contributed by atoms with Crippen molar-refractivity contribution in [1.82, 2.24) is 15.5 Å². The van der Waals surface area contributed by atoms with E-state index in [1.54, 1.807) is 6.92 Å². The predicted octanol–water partition coefficient (Wildman–Crippen LogP) is 7.64. The Bertz CT molecular complexity index is 1850. The summed E-state index contributed by atoms with van der Waals surface area (Å²) in [6.45, 7) is 5.77. The lowest BCUT2D eigenvalue weighted by atomic mass is 9.72. The first-order valence-electron chi connectivity index (χ1n) is 21.2. The zero-order valence-corrected chi connectivity index (χ0v) is 34.8. The number of aromatic hydroxyl groups is 2. The average molecular weight is 805 g/mol. The summed E-state index contributed by atoms with van der Waals surface area (Å²) >= 11 is 1.43. The smallest absolute Gasteiger partial charge is 0.329 e. The number of esters is 1. The fourth-order valence-electron chi connectivity index (χ4n) is 9.98. The van der Waals surface area contributed by atoms with Gasteiger partial charge in [-0.1, -0.05) is 90.0 Å². The molecule has 4 N–H and O–H groups in total. The van der Waals surface area contributed by atoms with Gasteiger partial charge in [-0.3, -0.25) is 9.69 Å². The van der Waals surface area contributed by atoms with Gasteiger partial charge in [0, 0.05) is 46.5 Å². The molecule has 2 fully saturated rings. The SMILES string of the molecule is CCCCCCCCCCCCCCCC(=O)NC1CS[C@@H]2c3c(O)c(C)c4c(c3[C@H](COC1=O)N1[C@@H]2C2NC(Cc3cc(C)c(OC)c(O)c32)[C@@H]1C#N)OCO4. The van der Waals surface area contributed by atoms with E-state index in [0.717, 1.165) is 30.4 Å². The topological polar surface area (TPSA) is 163 Å². The van der Waals surface area contributed by atoms with Crippen LogP contribution in [-0.2, 0) is 20.7 Å². The molecular weight excluding hydrogens is 745 g/mol. The Kier molecular flexibility index (Phi) is 13.3. The van der Waals surface area contributed by atoms with Crippen LogP contribution in [0.25, 0.3) is 0 Å². The van der Waals surface area contributed by atoms with Gasteiger partial charge in [0.05, 0.1) is 30.5 Å². The molecule has 0 aliphatic carbocycles. The molecule has 6 heterocycles. The number of fused-ring (bicyclic) bond motifs is 10.